The van der Waals surface area contributed by atoms with E-state index >= 15 is 0 Å². The monoisotopic (exact) mass is 367 g/mol. The van der Waals surface area contributed by atoms with Gasteiger partial charge in [-0.3, -0.25) is 4.79 Å². The molecule has 2 rings (SSSR count). The highest BCUT2D eigenvalue weighted by atomic mass is 79.9. The van der Waals surface area contributed by atoms with Crippen molar-refractivity contribution in [2.75, 3.05) is 6.54 Å². The number of thiophene rings is 1. The topological polar surface area (TPSA) is 74.7 Å². The molecule has 0 bridgehead atoms. The van der Waals surface area contributed by atoms with Crippen molar-refractivity contribution in [1.29, 1.82) is 0 Å². The first-order valence-corrected chi connectivity index (χ1v) is 8.94. The van der Waals surface area contributed by atoms with Gasteiger partial charge in [-0.15, -0.1) is 11.3 Å². The van der Waals surface area contributed by atoms with Crippen LogP contribution >= 0.6 is 27.3 Å². The zero-order chi connectivity index (χ0) is 14.2. The van der Waals surface area contributed by atoms with E-state index in [0.29, 0.717) is 10.9 Å². The third-order valence-electron chi connectivity index (χ3n) is 3.27. The molecule has 0 radical (unpaired) electrons. The Morgan fingerprint density at radius 2 is 2.26 bits per heavy atom. The standard InChI is InChI=1S/C11H14BrNO4S2/c1-7-3-2-5-13(9(7)10(14)15)19(16,17)11-8(12)4-6-18-11/h4,6-7,9H,2-3,5H2,1H3,(H,14,15). The Labute approximate surface area is 124 Å². The highest BCUT2D eigenvalue weighted by molar-refractivity contribution is 9.10. The second-order valence-corrected chi connectivity index (χ2v) is 8.43. The first-order chi connectivity index (χ1) is 8.85. The van der Waals surface area contributed by atoms with E-state index in [9.17, 15) is 18.3 Å². The fourth-order valence-corrected chi connectivity index (χ4v) is 6.50. The summed E-state index contributed by atoms with van der Waals surface area (Å²) in [6, 6.07) is 0.675. The SMILES string of the molecule is CC1CCCN(S(=O)(=O)c2sccc2Br)C1C(=O)O. The van der Waals surface area contributed by atoms with E-state index in [1.807, 2.05) is 0 Å². The van der Waals surface area contributed by atoms with Crippen molar-refractivity contribution < 1.29 is 18.3 Å². The molecule has 5 nitrogen and oxygen atoms in total. The molecule has 1 aromatic rings. The van der Waals surface area contributed by atoms with Gasteiger partial charge in [-0.1, -0.05) is 6.92 Å². The van der Waals surface area contributed by atoms with Gasteiger partial charge in [0.2, 0.25) is 0 Å². The average molecular weight is 368 g/mol. The molecule has 2 heterocycles. The molecule has 106 valence electrons. The number of aliphatic carboxylic acids is 1. The lowest BCUT2D eigenvalue weighted by Crippen LogP contribution is -2.51. The number of sulfonamides is 1. The molecule has 0 aromatic carbocycles. The summed E-state index contributed by atoms with van der Waals surface area (Å²) >= 11 is 4.29. The molecule has 0 saturated carbocycles. The van der Waals surface area contributed by atoms with Gasteiger partial charge in [-0.2, -0.15) is 4.31 Å². The first kappa shape index (κ1) is 15.0. The van der Waals surface area contributed by atoms with Crippen LogP contribution < -0.4 is 0 Å². The summed E-state index contributed by atoms with van der Waals surface area (Å²) in [4.78, 5) is 11.4. The van der Waals surface area contributed by atoms with Crippen LogP contribution in [0.1, 0.15) is 19.8 Å². The lowest BCUT2D eigenvalue weighted by atomic mass is 9.93. The largest absolute Gasteiger partial charge is 0.480 e. The second kappa shape index (κ2) is 5.51. The van der Waals surface area contributed by atoms with Crippen molar-refractivity contribution in [3.63, 3.8) is 0 Å². The zero-order valence-corrected chi connectivity index (χ0v) is 13.5. The van der Waals surface area contributed by atoms with E-state index in [0.717, 1.165) is 22.1 Å². The van der Waals surface area contributed by atoms with Crippen molar-refractivity contribution in [3.8, 4) is 0 Å². The third kappa shape index (κ3) is 2.72. The molecule has 8 heteroatoms. The minimum Gasteiger partial charge on any atom is -0.480 e. The summed E-state index contributed by atoms with van der Waals surface area (Å²) in [5, 5.41) is 11.0. The highest BCUT2D eigenvalue weighted by Crippen LogP contribution is 2.35. The quantitative estimate of drug-likeness (QED) is 0.889. The molecule has 1 aromatic heterocycles. The number of carbonyl (C=O) groups is 1. The Kier molecular flexibility index (Phi) is 4.34. The molecular formula is C11H14BrNO4S2. The van der Waals surface area contributed by atoms with Gasteiger partial charge in [0.05, 0.1) is 0 Å². The maximum Gasteiger partial charge on any atom is 0.322 e. The Morgan fingerprint density at radius 3 is 2.79 bits per heavy atom. The van der Waals surface area contributed by atoms with Crippen molar-refractivity contribution in [2.24, 2.45) is 5.92 Å². The van der Waals surface area contributed by atoms with Gasteiger partial charge in [-0.05, 0) is 46.1 Å². The van der Waals surface area contributed by atoms with Gasteiger partial charge in [0.25, 0.3) is 10.0 Å². The summed E-state index contributed by atoms with van der Waals surface area (Å²) in [5.74, 6) is -1.26. The van der Waals surface area contributed by atoms with Gasteiger partial charge >= 0.3 is 5.97 Å². The zero-order valence-electron chi connectivity index (χ0n) is 10.2. The molecule has 1 fully saturated rings. The minimum absolute atomic E-state index is 0.174. The van der Waals surface area contributed by atoms with Crippen LogP contribution in [-0.4, -0.2) is 36.4 Å². The lowest BCUT2D eigenvalue weighted by Gasteiger charge is -2.35. The summed E-state index contributed by atoms with van der Waals surface area (Å²) < 4.78 is 26.9. The predicted octanol–water partition coefficient (Wildman–Crippen LogP) is 2.38. The number of hydrogen-bond acceptors (Lipinski definition) is 4. The highest BCUT2D eigenvalue weighted by Gasteiger charge is 2.42. The fraction of sp³-hybridized carbons (Fsp3) is 0.545. The van der Waals surface area contributed by atoms with E-state index < -0.39 is 22.0 Å². The van der Waals surface area contributed by atoms with Crippen LogP contribution in [0.4, 0.5) is 0 Å². The van der Waals surface area contributed by atoms with Gasteiger partial charge < -0.3 is 5.11 Å². The van der Waals surface area contributed by atoms with Crippen LogP contribution in [0.15, 0.2) is 20.1 Å². The van der Waals surface area contributed by atoms with Crippen molar-refractivity contribution >= 4 is 43.3 Å². The van der Waals surface area contributed by atoms with Crippen LogP contribution in [0.25, 0.3) is 0 Å². The average Bonchev–Trinajstić information content (AvgIpc) is 2.75. The summed E-state index contributed by atoms with van der Waals surface area (Å²) in [7, 11) is -3.75. The number of carboxylic acid groups (broad SMARTS) is 1. The number of rotatable bonds is 3. The van der Waals surface area contributed by atoms with Crippen molar-refractivity contribution in [3.05, 3.63) is 15.9 Å². The molecule has 2 atom stereocenters. The van der Waals surface area contributed by atoms with Crippen LogP contribution in [-0.2, 0) is 14.8 Å². The maximum atomic E-state index is 12.6. The Balaban J connectivity index is 2.44. The molecule has 0 aliphatic carbocycles. The molecule has 1 N–H and O–H groups in total. The normalized spacial score (nSPS) is 25.4. The molecule has 0 amide bonds. The Morgan fingerprint density at radius 1 is 1.58 bits per heavy atom. The predicted molar refractivity (Wildman–Crippen MR) is 75.7 cm³/mol. The van der Waals surface area contributed by atoms with Gasteiger partial charge in [0, 0.05) is 11.0 Å². The smallest absolute Gasteiger partial charge is 0.322 e. The number of piperidine rings is 1. The minimum atomic E-state index is -3.75. The maximum absolute atomic E-state index is 12.6. The van der Waals surface area contributed by atoms with Gasteiger partial charge in [0.15, 0.2) is 0 Å². The third-order valence-corrected chi connectivity index (χ3v) is 7.80. The molecule has 1 aliphatic heterocycles. The molecule has 0 spiro atoms. The van der Waals surface area contributed by atoms with Crippen LogP contribution in [0, 0.1) is 5.92 Å². The van der Waals surface area contributed by atoms with Crippen molar-refractivity contribution in [1.82, 2.24) is 4.31 Å². The number of hydrogen-bond donors (Lipinski definition) is 1. The van der Waals surface area contributed by atoms with Crippen LogP contribution in [0.3, 0.4) is 0 Å². The second-order valence-electron chi connectivity index (χ2n) is 4.57. The molecule has 1 aliphatic rings. The van der Waals surface area contributed by atoms with Crippen molar-refractivity contribution in [2.45, 2.75) is 30.0 Å². The summed E-state index contributed by atoms with van der Waals surface area (Å²) in [6.45, 7) is 2.04. The lowest BCUT2D eigenvalue weighted by molar-refractivity contribution is -0.144. The van der Waals surface area contributed by atoms with Crippen LogP contribution in [0.2, 0.25) is 0 Å². The van der Waals surface area contributed by atoms with E-state index in [4.69, 9.17) is 0 Å². The van der Waals surface area contributed by atoms with E-state index in [2.05, 4.69) is 15.9 Å². The number of halogens is 1. The summed E-state index contributed by atoms with van der Waals surface area (Å²) in [5.41, 5.74) is 0. The van der Waals surface area contributed by atoms with E-state index in [-0.39, 0.29) is 16.7 Å². The van der Waals surface area contributed by atoms with E-state index in [1.165, 1.54) is 0 Å². The molecule has 19 heavy (non-hydrogen) atoms. The number of carboxylic acids is 1. The molecule has 1 saturated heterocycles. The Hall–Kier alpha value is -0.440. The Bertz CT molecular complexity index is 583. The van der Waals surface area contributed by atoms with E-state index in [1.54, 1.807) is 18.4 Å². The van der Waals surface area contributed by atoms with Crippen LogP contribution in [0.5, 0.6) is 0 Å². The first-order valence-electron chi connectivity index (χ1n) is 5.83. The molecule has 2 unspecified atom stereocenters. The van der Waals surface area contributed by atoms with Gasteiger partial charge in [0.1, 0.15) is 10.3 Å². The summed E-state index contributed by atoms with van der Waals surface area (Å²) in [6.07, 6.45) is 1.42. The fourth-order valence-electron chi connectivity index (χ4n) is 2.36. The number of nitrogens with zero attached hydrogens (tertiary/aromatic N) is 1. The molecular weight excluding hydrogens is 354 g/mol. The van der Waals surface area contributed by atoms with Gasteiger partial charge in [-0.25, -0.2) is 8.42 Å².